The van der Waals surface area contributed by atoms with Gasteiger partial charge in [0.2, 0.25) is 5.60 Å². The summed E-state index contributed by atoms with van der Waals surface area (Å²) in [6.07, 6.45) is 3.85. The lowest BCUT2D eigenvalue weighted by Gasteiger charge is -2.18. The number of halogens is 1. The molecule has 0 bridgehead atoms. The van der Waals surface area contributed by atoms with Crippen LogP contribution in [0.5, 0.6) is 0 Å². The Kier molecular flexibility index (Phi) is 1.99. The van der Waals surface area contributed by atoms with E-state index in [9.17, 15) is 4.79 Å². The Balaban J connectivity index is 2.61. The fourth-order valence-corrected chi connectivity index (χ4v) is 1.07. The molecule has 0 amide bonds. The summed E-state index contributed by atoms with van der Waals surface area (Å²) in [5.41, 5.74) is -0.816. The molecule has 0 saturated carbocycles. The van der Waals surface area contributed by atoms with E-state index in [4.69, 9.17) is 4.74 Å². The van der Waals surface area contributed by atoms with E-state index in [0.29, 0.717) is 6.42 Å². The van der Waals surface area contributed by atoms with E-state index < -0.39 is 11.6 Å². The number of carbonyl (C=O) groups excluding carboxylic acids is 1. The van der Waals surface area contributed by atoms with Crippen molar-refractivity contribution >= 4 is 22.2 Å². The normalized spacial score (nSPS) is 29.8. The van der Waals surface area contributed by atoms with Crippen LogP contribution in [-0.2, 0) is 13.4 Å². The van der Waals surface area contributed by atoms with E-state index in [0.717, 1.165) is 0 Å². The maximum atomic E-state index is 10.9. The highest BCUT2D eigenvalue weighted by atomic mass is 79.9. The first-order valence-corrected chi connectivity index (χ1v) is 3.49. The highest BCUT2D eigenvalue weighted by molar-refractivity contribution is 9.06. The molecule has 0 radical (unpaired) electrons. The molecule has 4 heteroatoms. The van der Waals surface area contributed by atoms with E-state index >= 15 is 0 Å². The summed E-state index contributed by atoms with van der Waals surface area (Å²) in [6.45, 7) is 1.68. The third-order valence-corrected chi connectivity index (χ3v) is 1.73. The van der Waals surface area contributed by atoms with Crippen molar-refractivity contribution in [2.24, 2.45) is 0 Å². The minimum Gasteiger partial charge on any atom is -0.483 e. The molecule has 1 rings (SSSR count). The van der Waals surface area contributed by atoms with Crippen molar-refractivity contribution in [3.63, 3.8) is 0 Å². The van der Waals surface area contributed by atoms with Gasteiger partial charge in [0.05, 0.1) is 6.26 Å². The Bertz CT molecular complexity index is 168. The van der Waals surface area contributed by atoms with Gasteiger partial charge >= 0.3 is 5.97 Å². The molecule has 0 fully saturated rings. The topological polar surface area (TPSA) is 35.5 Å². The van der Waals surface area contributed by atoms with Crippen LogP contribution < -0.4 is 0 Å². The van der Waals surface area contributed by atoms with Crippen LogP contribution in [-0.4, -0.2) is 11.6 Å². The van der Waals surface area contributed by atoms with Crippen LogP contribution in [0.1, 0.15) is 13.3 Å². The highest BCUT2D eigenvalue weighted by Crippen LogP contribution is 2.24. The standard InChI is InChI=1S/C6H7BrO3/c1-6(5(8)10-7)3-2-4-9-6/h2,4H,3H2,1H3. The maximum absolute atomic E-state index is 10.9. The first-order valence-electron chi connectivity index (χ1n) is 2.85. The first-order chi connectivity index (χ1) is 4.69. The van der Waals surface area contributed by atoms with Gasteiger partial charge in [-0.25, -0.2) is 4.79 Å². The van der Waals surface area contributed by atoms with E-state index in [2.05, 4.69) is 20.1 Å². The van der Waals surface area contributed by atoms with Gasteiger partial charge in [-0.1, -0.05) is 0 Å². The molecule has 1 aliphatic heterocycles. The van der Waals surface area contributed by atoms with Gasteiger partial charge in [-0.15, -0.1) is 0 Å². The lowest BCUT2D eigenvalue weighted by atomic mass is 10.1. The predicted molar refractivity (Wildman–Crippen MR) is 38.3 cm³/mol. The summed E-state index contributed by atoms with van der Waals surface area (Å²) < 4.78 is 9.35. The zero-order chi connectivity index (χ0) is 7.61. The number of carbonyl (C=O) groups is 1. The number of hydrogen-bond acceptors (Lipinski definition) is 3. The average molecular weight is 207 g/mol. The highest BCUT2D eigenvalue weighted by Gasteiger charge is 2.37. The zero-order valence-corrected chi connectivity index (χ0v) is 7.05. The summed E-state index contributed by atoms with van der Waals surface area (Å²) in [5, 5.41) is 0. The van der Waals surface area contributed by atoms with Gasteiger partial charge in [-0.3, -0.25) is 0 Å². The van der Waals surface area contributed by atoms with Crippen LogP contribution in [0, 0.1) is 0 Å². The summed E-state index contributed by atoms with van der Waals surface area (Å²) >= 11 is 2.60. The predicted octanol–water partition coefficient (Wildman–Crippen LogP) is 1.53. The second-order valence-electron chi connectivity index (χ2n) is 2.29. The summed E-state index contributed by atoms with van der Waals surface area (Å²) in [5.74, 6) is -0.405. The van der Waals surface area contributed by atoms with Gasteiger partial charge in [-0.05, 0) is 13.0 Å². The molecule has 1 heterocycles. The van der Waals surface area contributed by atoms with Crippen LogP contribution in [0.2, 0.25) is 0 Å². The number of rotatable bonds is 1. The van der Waals surface area contributed by atoms with Crippen LogP contribution in [0.15, 0.2) is 12.3 Å². The van der Waals surface area contributed by atoms with E-state index in [1.54, 1.807) is 13.0 Å². The van der Waals surface area contributed by atoms with Crippen molar-refractivity contribution < 1.29 is 13.4 Å². The van der Waals surface area contributed by atoms with Gasteiger partial charge in [0, 0.05) is 6.42 Å². The Labute approximate surface area is 67.4 Å². The van der Waals surface area contributed by atoms with Crippen LogP contribution in [0.25, 0.3) is 0 Å². The van der Waals surface area contributed by atoms with Gasteiger partial charge < -0.3 is 8.57 Å². The third-order valence-electron chi connectivity index (χ3n) is 1.43. The molecular formula is C6H7BrO3. The molecular weight excluding hydrogens is 200 g/mol. The van der Waals surface area contributed by atoms with Crippen LogP contribution in [0.4, 0.5) is 0 Å². The SMILES string of the molecule is CC1(C(=O)OBr)CC=CO1. The zero-order valence-electron chi connectivity index (χ0n) is 5.46. The lowest BCUT2D eigenvalue weighted by molar-refractivity contribution is -0.149. The van der Waals surface area contributed by atoms with E-state index in [1.807, 2.05) is 0 Å². The maximum Gasteiger partial charge on any atom is 0.361 e. The second kappa shape index (κ2) is 2.62. The van der Waals surface area contributed by atoms with Gasteiger partial charge in [0.15, 0.2) is 16.3 Å². The minimum atomic E-state index is -0.816. The van der Waals surface area contributed by atoms with Crippen molar-refractivity contribution in [3.8, 4) is 0 Å². The Morgan fingerprint density at radius 1 is 1.90 bits per heavy atom. The molecule has 0 aromatic rings. The Morgan fingerprint density at radius 3 is 3.00 bits per heavy atom. The molecule has 1 unspecified atom stereocenters. The van der Waals surface area contributed by atoms with Crippen molar-refractivity contribution in [2.75, 3.05) is 0 Å². The fraction of sp³-hybridized carbons (Fsp3) is 0.500. The molecule has 0 aliphatic carbocycles. The van der Waals surface area contributed by atoms with Gasteiger partial charge in [0.25, 0.3) is 0 Å². The minimum absolute atomic E-state index is 0.405. The van der Waals surface area contributed by atoms with E-state index in [-0.39, 0.29) is 0 Å². The molecule has 1 atom stereocenters. The van der Waals surface area contributed by atoms with Crippen molar-refractivity contribution in [1.29, 1.82) is 0 Å². The summed E-state index contributed by atoms with van der Waals surface area (Å²) in [6, 6.07) is 0. The summed E-state index contributed by atoms with van der Waals surface area (Å²) in [4.78, 5) is 10.9. The van der Waals surface area contributed by atoms with E-state index in [1.165, 1.54) is 6.26 Å². The van der Waals surface area contributed by atoms with Crippen molar-refractivity contribution in [2.45, 2.75) is 18.9 Å². The lowest BCUT2D eigenvalue weighted by Crippen LogP contribution is -2.34. The molecule has 10 heavy (non-hydrogen) atoms. The first kappa shape index (κ1) is 7.60. The molecule has 0 spiro atoms. The van der Waals surface area contributed by atoms with Crippen LogP contribution >= 0.6 is 16.3 Å². The second-order valence-corrected chi connectivity index (χ2v) is 2.61. The van der Waals surface area contributed by atoms with Gasteiger partial charge in [-0.2, -0.15) is 0 Å². The van der Waals surface area contributed by atoms with Crippen molar-refractivity contribution in [1.82, 2.24) is 0 Å². The third kappa shape index (κ3) is 1.16. The smallest absolute Gasteiger partial charge is 0.361 e. The number of ether oxygens (including phenoxy) is 1. The van der Waals surface area contributed by atoms with Crippen LogP contribution in [0.3, 0.4) is 0 Å². The molecule has 3 nitrogen and oxygen atoms in total. The van der Waals surface area contributed by atoms with Crippen molar-refractivity contribution in [3.05, 3.63) is 12.3 Å². The molecule has 0 aromatic carbocycles. The molecule has 0 aromatic heterocycles. The number of hydrogen-bond donors (Lipinski definition) is 0. The molecule has 56 valence electrons. The molecule has 1 aliphatic rings. The largest absolute Gasteiger partial charge is 0.483 e. The Morgan fingerprint density at radius 2 is 2.60 bits per heavy atom. The average Bonchev–Trinajstić information content (AvgIpc) is 2.36. The molecule has 0 saturated heterocycles. The monoisotopic (exact) mass is 206 g/mol. The molecule has 0 N–H and O–H groups in total. The van der Waals surface area contributed by atoms with Gasteiger partial charge in [0.1, 0.15) is 0 Å². The summed E-state index contributed by atoms with van der Waals surface area (Å²) in [7, 11) is 0. The fourth-order valence-electron chi connectivity index (χ4n) is 0.732. The Hall–Kier alpha value is -0.510. The quantitative estimate of drug-likeness (QED) is 0.653.